The standard InChI is InChI=1S/C15H8Cl2F6N4/c1-5-2-3-6(16)11(10(5)17)27-13(24)9-7(26-27)4-8(14(18,19)20)25-12(9)15(21,22)23/h2-4H,24H2,1H3. The number of hydrogen-bond acceptors (Lipinski definition) is 3. The largest absolute Gasteiger partial charge is 0.434 e. The number of anilines is 1. The number of nitrogens with zero attached hydrogens (tertiary/aromatic N) is 3. The Kier molecular flexibility index (Phi) is 4.47. The van der Waals surface area contributed by atoms with Crippen LogP contribution in [0.25, 0.3) is 16.6 Å². The summed E-state index contributed by atoms with van der Waals surface area (Å²) in [5, 5.41) is 3.05. The van der Waals surface area contributed by atoms with Crippen LogP contribution in [0.5, 0.6) is 0 Å². The van der Waals surface area contributed by atoms with Gasteiger partial charge in [0.2, 0.25) is 0 Å². The SMILES string of the molecule is Cc1ccc(Cl)c(-n2nc3cc(C(F)(F)F)nc(C(F)(F)F)c3c2N)c1Cl. The molecule has 144 valence electrons. The van der Waals surface area contributed by atoms with Crippen molar-refractivity contribution < 1.29 is 26.3 Å². The number of nitrogen functional groups attached to an aromatic ring is 1. The van der Waals surface area contributed by atoms with Gasteiger partial charge in [0, 0.05) is 0 Å². The minimum absolute atomic E-state index is 0.00247. The minimum atomic E-state index is -5.19. The van der Waals surface area contributed by atoms with E-state index < -0.39 is 40.5 Å². The van der Waals surface area contributed by atoms with E-state index in [9.17, 15) is 26.3 Å². The lowest BCUT2D eigenvalue weighted by atomic mass is 10.2. The van der Waals surface area contributed by atoms with Gasteiger partial charge in [0.25, 0.3) is 0 Å². The molecule has 4 nitrogen and oxygen atoms in total. The molecule has 0 radical (unpaired) electrons. The van der Waals surface area contributed by atoms with Crippen molar-refractivity contribution in [3.63, 3.8) is 0 Å². The predicted octanol–water partition coefficient (Wildman–Crippen LogP) is 5.66. The highest BCUT2D eigenvalue weighted by Gasteiger charge is 2.41. The second kappa shape index (κ2) is 6.16. The van der Waals surface area contributed by atoms with Crippen LogP contribution in [-0.4, -0.2) is 14.8 Å². The number of rotatable bonds is 1. The number of fused-ring (bicyclic) bond motifs is 1. The molecule has 0 aliphatic heterocycles. The first-order valence-electron chi connectivity index (χ1n) is 7.11. The molecule has 0 bridgehead atoms. The zero-order valence-corrected chi connectivity index (χ0v) is 14.7. The van der Waals surface area contributed by atoms with Crippen molar-refractivity contribution in [1.29, 1.82) is 0 Å². The van der Waals surface area contributed by atoms with Crippen LogP contribution in [-0.2, 0) is 12.4 Å². The molecule has 0 atom stereocenters. The Morgan fingerprint density at radius 2 is 1.67 bits per heavy atom. The molecule has 0 fully saturated rings. The van der Waals surface area contributed by atoms with Crippen molar-refractivity contribution in [2.45, 2.75) is 19.3 Å². The second-order valence-electron chi connectivity index (χ2n) is 5.57. The fourth-order valence-electron chi connectivity index (χ4n) is 2.49. The molecule has 2 heterocycles. The van der Waals surface area contributed by atoms with E-state index in [0.717, 1.165) is 4.68 Å². The predicted molar refractivity (Wildman–Crippen MR) is 88.0 cm³/mol. The third-order valence-corrected chi connectivity index (χ3v) is 4.50. The zero-order valence-electron chi connectivity index (χ0n) is 13.2. The Morgan fingerprint density at radius 1 is 1.04 bits per heavy atom. The Balaban J connectivity index is 2.44. The van der Waals surface area contributed by atoms with E-state index in [1.807, 2.05) is 0 Å². The van der Waals surface area contributed by atoms with Crippen LogP contribution >= 0.6 is 23.2 Å². The molecule has 0 aliphatic carbocycles. The number of hydrogen-bond donors (Lipinski definition) is 1. The highest BCUT2D eigenvalue weighted by atomic mass is 35.5. The van der Waals surface area contributed by atoms with Crippen molar-refractivity contribution >= 4 is 39.9 Å². The van der Waals surface area contributed by atoms with Gasteiger partial charge in [-0.05, 0) is 24.6 Å². The van der Waals surface area contributed by atoms with Crippen LogP contribution < -0.4 is 5.73 Å². The van der Waals surface area contributed by atoms with Gasteiger partial charge in [-0.2, -0.15) is 31.4 Å². The van der Waals surface area contributed by atoms with Crippen LogP contribution in [0.3, 0.4) is 0 Å². The number of benzene rings is 1. The van der Waals surface area contributed by atoms with E-state index in [-0.39, 0.29) is 15.7 Å². The van der Waals surface area contributed by atoms with E-state index in [2.05, 4.69) is 10.1 Å². The summed E-state index contributed by atoms with van der Waals surface area (Å²) < 4.78 is 79.6. The molecular formula is C15H8Cl2F6N4. The van der Waals surface area contributed by atoms with Crippen molar-refractivity contribution in [3.8, 4) is 5.69 Å². The first-order valence-corrected chi connectivity index (χ1v) is 7.86. The molecule has 0 aliphatic rings. The number of aryl methyl sites for hydroxylation is 1. The molecule has 1 aromatic carbocycles. The molecule has 0 unspecified atom stereocenters. The summed E-state index contributed by atoms with van der Waals surface area (Å²) in [4.78, 5) is 2.72. The monoisotopic (exact) mass is 428 g/mol. The smallest absolute Gasteiger partial charge is 0.383 e. The van der Waals surface area contributed by atoms with Crippen molar-refractivity contribution in [3.05, 3.63) is 45.2 Å². The highest BCUT2D eigenvalue weighted by molar-refractivity contribution is 6.38. The molecular weight excluding hydrogens is 421 g/mol. The number of pyridine rings is 1. The van der Waals surface area contributed by atoms with Gasteiger partial charge in [-0.3, -0.25) is 0 Å². The van der Waals surface area contributed by atoms with E-state index in [0.29, 0.717) is 11.6 Å². The van der Waals surface area contributed by atoms with Gasteiger partial charge in [0.15, 0.2) is 5.69 Å². The maximum atomic E-state index is 13.3. The quantitative estimate of drug-likeness (QED) is 0.509. The van der Waals surface area contributed by atoms with E-state index in [1.54, 1.807) is 13.0 Å². The normalized spacial score (nSPS) is 12.8. The lowest BCUT2D eigenvalue weighted by molar-refractivity contribution is -0.149. The topological polar surface area (TPSA) is 56.7 Å². The molecule has 0 saturated carbocycles. The summed E-state index contributed by atoms with van der Waals surface area (Å²) in [6, 6.07) is 3.35. The molecule has 12 heteroatoms. The Bertz CT molecular complexity index is 1060. The average molecular weight is 429 g/mol. The Morgan fingerprint density at radius 3 is 2.22 bits per heavy atom. The van der Waals surface area contributed by atoms with Crippen LogP contribution in [0.1, 0.15) is 17.0 Å². The number of aromatic nitrogens is 3. The van der Waals surface area contributed by atoms with Crippen molar-refractivity contribution in [1.82, 2.24) is 14.8 Å². The summed E-state index contributed by atoms with van der Waals surface area (Å²) >= 11 is 12.2. The average Bonchev–Trinajstić information content (AvgIpc) is 2.86. The van der Waals surface area contributed by atoms with E-state index in [1.165, 1.54) is 6.07 Å². The van der Waals surface area contributed by atoms with Crippen molar-refractivity contribution in [2.75, 3.05) is 5.73 Å². The third-order valence-electron chi connectivity index (χ3n) is 3.72. The maximum Gasteiger partial charge on any atom is 0.434 e. The number of halogens is 8. The van der Waals surface area contributed by atoms with Crippen LogP contribution in [0.15, 0.2) is 18.2 Å². The summed E-state index contributed by atoms with van der Waals surface area (Å²) in [7, 11) is 0. The maximum absolute atomic E-state index is 13.3. The van der Waals surface area contributed by atoms with Gasteiger partial charge in [-0.25, -0.2) is 9.67 Å². The van der Waals surface area contributed by atoms with Gasteiger partial charge >= 0.3 is 12.4 Å². The summed E-state index contributed by atoms with van der Waals surface area (Å²) in [6.07, 6.45) is -10.3. The Hall–Kier alpha value is -2.20. The van der Waals surface area contributed by atoms with Gasteiger partial charge in [0.05, 0.1) is 20.9 Å². The van der Waals surface area contributed by atoms with E-state index >= 15 is 0 Å². The van der Waals surface area contributed by atoms with E-state index in [4.69, 9.17) is 28.9 Å². The van der Waals surface area contributed by atoms with Crippen LogP contribution in [0, 0.1) is 6.92 Å². The van der Waals surface area contributed by atoms with Gasteiger partial charge in [-0.1, -0.05) is 29.3 Å². The molecule has 3 rings (SSSR count). The van der Waals surface area contributed by atoms with Crippen LogP contribution in [0.4, 0.5) is 32.2 Å². The first-order chi connectivity index (χ1) is 12.3. The Labute approximate surface area is 157 Å². The molecule has 3 aromatic rings. The molecule has 0 spiro atoms. The summed E-state index contributed by atoms with van der Waals surface area (Å²) in [6.45, 7) is 1.60. The van der Waals surface area contributed by atoms with Gasteiger partial charge in [0.1, 0.15) is 17.2 Å². The minimum Gasteiger partial charge on any atom is -0.383 e. The summed E-state index contributed by atoms with van der Waals surface area (Å²) in [5.74, 6) is -0.590. The van der Waals surface area contributed by atoms with Crippen LogP contribution in [0.2, 0.25) is 10.0 Å². The molecule has 27 heavy (non-hydrogen) atoms. The fourth-order valence-corrected chi connectivity index (χ4v) is 3.02. The lowest BCUT2D eigenvalue weighted by Gasteiger charge is -2.12. The molecule has 2 aromatic heterocycles. The zero-order chi connectivity index (χ0) is 20.3. The summed E-state index contributed by atoms with van der Waals surface area (Å²) in [5.41, 5.74) is 2.06. The number of nitrogens with two attached hydrogens (primary N) is 1. The fraction of sp³-hybridized carbons (Fsp3) is 0.200. The van der Waals surface area contributed by atoms with Gasteiger partial charge < -0.3 is 5.73 Å². The number of alkyl halides is 6. The second-order valence-corrected chi connectivity index (χ2v) is 6.35. The molecule has 2 N–H and O–H groups in total. The van der Waals surface area contributed by atoms with Gasteiger partial charge in [-0.15, -0.1) is 0 Å². The third kappa shape index (κ3) is 3.27. The molecule has 0 amide bonds. The first kappa shape index (κ1) is 19.6. The highest BCUT2D eigenvalue weighted by Crippen LogP contribution is 2.41. The molecule has 0 saturated heterocycles. The lowest BCUT2D eigenvalue weighted by Crippen LogP contribution is -2.15. The van der Waals surface area contributed by atoms with Crippen molar-refractivity contribution in [2.24, 2.45) is 0 Å².